The summed E-state index contributed by atoms with van der Waals surface area (Å²) in [7, 11) is 0. The van der Waals surface area contributed by atoms with Crippen LogP contribution in [0.25, 0.3) is 11.3 Å². The van der Waals surface area contributed by atoms with Crippen molar-refractivity contribution in [3.8, 4) is 17.1 Å². The molecular weight excluding hydrogens is 517 g/mol. The van der Waals surface area contributed by atoms with E-state index in [-0.39, 0.29) is 17.9 Å². The zero-order valence-corrected chi connectivity index (χ0v) is 20.6. The topological polar surface area (TPSA) is 50.5 Å². The third-order valence-corrected chi connectivity index (χ3v) is 6.61. The summed E-state index contributed by atoms with van der Waals surface area (Å²) in [5, 5.41) is 3.99. The minimum absolute atomic E-state index is 0.226. The van der Waals surface area contributed by atoms with Crippen LogP contribution >= 0.6 is 28.1 Å². The Morgan fingerprint density at radius 2 is 1.94 bits per heavy atom. The molecule has 0 bridgehead atoms. The second-order valence-corrected chi connectivity index (χ2v) is 8.99. The summed E-state index contributed by atoms with van der Waals surface area (Å²) in [6.45, 7) is 2.55. The lowest BCUT2D eigenvalue weighted by molar-refractivity contribution is 0.340. The van der Waals surface area contributed by atoms with E-state index < -0.39 is 0 Å². The van der Waals surface area contributed by atoms with E-state index in [4.69, 9.17) is 21.4 Å². The van der Waals surface area contributed by atoms with Crippen molar-refractivity contribution in [2.24, 2.45) is 0 Å². The summed E-state index contributed by atoms with van der Waals surface area (Å²) >= 11 is 9.20. The van der Waals surface area contributed by atoms with Gasteiger partial charge < -0.3 is 19.4 Å². The summed E-state index contributed by atoms with van der Waals surface area (Å²) in [5.41, 5.74) is 2.53. The number of aromatic nitrogens is 1. The van der Waals surface area contributed by atoms with Crippen LogP contribution in [0.1, 0.15) is 30.5 Å². The maximum atomic E-state index is 13.6. The Morgan fingerprint density at radius 1 is 1.12 bits per heavy atom. The second-order valence-electron chi connectivity index (χ2n) is 7.75. The Bertz CT molecular complexity index is 1310. The quantitative estimate of drug-likeness (QED) is 0.272. The van der Waals surface area contributed by atoms with E-state index in [9.17, 15) is 4.39 Å². The smallest absolute Gasteiger partial charge is 0.174 e. The molecule has 4 aromatic rings. The van der Waals surface area contributed by atoms with E-state index in [2.05, 4.69) is 26.2 Å². The van der Waals surface area contributed by atoms with Gasteiger partial charge in [0.05, 0.1) is 18.3 Å². The maximum absolute atomic E-state index is 13.6. The van der Waals surface area contributed by atoms with Crippen LogP contribution in [-0.4, -0.2) is 16.7 Å². The van der Waals surface area contributed by atoms with E-state index in [1.807, 2.05) is 66.4 Å². The molecule has 1 fully saturated rings. The van der Waals surface area contributed by atoms with Crippen molar-refractivity contribution < 1.29 is 13.5 Å². The molecule has 5 nitrogen and oxygen atoms in total. The van der Waals surface area contributed by atoms with Crippen LogP contribution in [-0.2, 0) is 0 Å². The standard InChI is InChI=1S/C26H21BrFN3O2S/c1-2-32-18-9-7-17(8-10-18)31-25(24(30-26(31)34)21-5-3-4-14-29-21)23-13-12-22(33-23)19-11-6-16(28)15-20(19)27/h3-15,24-25H,2H2,1H3,(H,30,34). The van der Waals surface area contributed by atoms with Gasteiger partial charge in [0.25, 0.3) is 0 Å². The zero-order valence-electron chi connectivity index (χ0n) is 18.2. The number of furan rings is 1. The molecule has 3 heterocycles. The van der Waals surface area contributed by atoms with E-state index in [0.717, 1.165) is 22.7 Å². The van der Waals surface area contributed by atoms with Crippen LogP contribution in [0.2, 0.25) is 0 Å². The molecule has 8 heteroatoms. The van der Waals surface area contributed by atoms with Crippen molar-refractivity contribution in [2.75, 3.05) is 11.5 Å². The van der Waals surface area contributed by atoms with Gasteiger partial charge in [-0.3, -0.25) is 4.98 Å². The number of hydrogen-bond donors (Lipinski definition) is 1. The van der Waals surface area contributed by atoms with Crippen molar-refractivity contribution in [1.29, 1.82) is 0 Å². The molecule has 2 aromatic carbocycles. The lowest BCUT2D eigenvalue weighted by Gasteiger charge is -2.26. The SMILES string of the molecule is CCOc1ccc(N2C(=S)NC(c3ccccn3)C2c2ccc(-c3ccc(F)cc3Br)o2)cc1. The Kier molecular flexibility index (Phi) is 6.34. The first-order valence-electron chi connectivity index (χ1n) is 10.8. The Labute approximate surface area is 210 Å². The number of thiocarbonyl (C=S) groups is 1. The Balaban J connectivity index is 1.57. The van der Waals surface area contributed by atoms with E-state index >= 15 is 0 Å². The first-order chi connectivity index (χ1) is 16.5. The summed E-state index contributed by atoms with van der Waals surface area (Å²) in [6, 6.07) is 21.5. The number of halogens is 2. The monoisotopic (exact) mass is 537 g/mol. The average molecular weight is 538 g/mol. The average Bonchev–Trinajstić information content (AvgIpc) is 3.45. The predicted molar refractivity (Wildman–Crippen MR) is 137 cm³/mol. The highest BCUT2D eigenvalue weighted by Crippen LogP contribution is 2.43. The first kappa shape index (κ1) is 22.6. The largest absolute Gasteiger partial charge is 0.494 e. The number of anilines is 1. The maximum Gasteiger partial charge on any atom is 0.174 e. The lowest BCUT2D eigenvalue weighted by Crippen LogP contribution is -2.29. The molecule has 5 rings (SSSR count). The van der Waals surface area contributed by atoms with Crippen LogP contribution in [0.4, 0.5) is 10.1 Å². The van der Waals surface area contributed by atoms with Gasteiger partial charge >= 0.3 is 0 Å². The van der Waals surface area contributed by atoms with E-state index in [1.165, 1.54) is 12.1 Å². The molecule has 1 N–H and O–H groups in total. The fraction of sp³-hybridized carbons (Fsp3) is 0.154. The highest BCUT2D eigenvalue weighted by atomic mass is 79.9. The van der Waals surface area contributed by atoms with Crippen LogP contribution in [0.3, 0.4) is 0 Å². The zero-order chi connectivity index (χ0) is 23.7. The number of pyridine rings is 1. The van der Waals surface area contributed by atoms with Gasteiger partial charge in [-0.1, -0.05) is 6.07 Å². The lowest BCUT2D eigenvalue weighted by atomic mass is 10.0. The number of hydrogen-bond acceptors (Lipinski definition) is 4. The third-order valence-electron chi connectivity index (χ3n) is 5.64. The van der Waals surface area contributed by atoms with Crippen molar-refractivity contribution in [1.82, 2.24) is 10.3 Å². The van der Waals surface area contributed by atoms with Crippen molar-refractivity contribution in [3.05, 3.63) is 101 Å². The van der Waals surface area contributed by atoms with E-state index in [0.29, 0.717) is 27.7 Å². The molecule has 0 aliphatic carbocycles. The highest BCUT2D eigenvalue weighted by molar-refractivity contribution is 9.10. The normalized spacial score (nSPS) is 17.6. The van der Waals surface area contributed by atoms with Gasteiger partial charge in [0.1, 0.15) is 29.1 Å². The van der Waals surface area contributed by atoms with Gasteiger partial charge in [-0.2, -0.15) is 0 Å². The van der Waals surface area contributed by atoms with Gasteiger partial charge in [-0.15, -0.1) is 0 Å². The number of nitrogens with zero attached hydrogens (tertiary/aromatic N) is 2. The molecule has 1 aliphatic heterocycles. The minimum Gasteiger partial charge on any atom is -0.494 e. The fourth-order valence-electron chi connectivity index (χ4n) is 4.14. The third kappa shape index (κ3) is 4.31. The first-order valence-corrected chi connectivity index (χ1v) is 12.0. The summed E-state index contributed by atoms with van der Waals surface area (Å²) in [6.07, 6.45) is 1.76. The molecule has 2 atom stereocenters. The van der Waals surface area contributed by atoms with Gasteiger partial charge in [0.15, 0.2) is 5.11 Å². The summed E-state index contributed by atoms with van der Waals surface area (Å²) in [5.74, 6) is 1.82. The highest BCUT2D eigenvalue weighted by Gasteiger charge is 2.42. The summed E-state index contributed by atoms with van der Waals surface area (Å²) in [4.78, 5) is 6.60. The van der Waals surface area contributed by atoms with Gasteiger partial charge in [-0.25, -0.2) is 4.39 Å². The van der Waals surface area contributed by atoms with Crippen molar-refractivity contribution >= 4 is 38.9 Å². The molecule has 2 aromatic heterocycles. The number of rotatable bonds is 6. The summed E-state index contributed by atoms with van der Waals surface area (Å²) < 4.78 is 26.2. The molecule has 34 heavy (non-hydrogen) atoms. The molecule has 2 unspecified atom stereocenters. The number of nitrogens with one attached hydrogen (secondary N) is 1. The molecule has 172 valence electrons. The molecule has 0 spiro atoms. The van der Waals surface area contributed by atoms with Crippen LogP contribution in [0.15, 0.2) is 87.9 Å². The fourth-order valence-corrected chi connectivity index (χ4v) is 5.03. The minimum atomic E-state index is -0.315. The Morgan fingerprint density at radius 3 is 2.65 bits per heavy atom. The molecule has 0 amide bonds. The van der Waals surface area contributed by atoms with Crippen LogP contribution < -0.4 is 15.0 Å². The predicted octanol–water partition coefficient (Wildman–Crippen LogP) is 6.82. The molecular formula is C26H21BrFN3O2S. The molecule has 1 saturated heterocycles. The number of benzene rings is 2. The number of ether oxygens (including phenoxy) is 1. The molecule has 1 aliphatic rings. The van der Waals surface area contributed by atoms with Gasteiger partial charge in [0, 0.05) is 21.9 Å². The molecule has 0 saturated carbocycles. The van der Waals surface area contributed by atoms with Crippen LogP contribution in [0.5, 0.6) is 5.75 Å². The molecule has 0 radical (unpaired) electrons. The van der Waals surface area contributed by atoms with Gasteiger partial charge in [0.2, 0.25) is 0 Å². The van der Waals surface area contributed by atoms with E-state index in [1.54, 1.807) is 12.3 Å². The van der Waals surface area contributed by atoms with Crippen LogP contribution in [0, 0.1) is 5.82 Å². The van der Waals surface area contributed by atoms with Crippen molar-refractivity contribution in [3.63, 3.8) is 0 Å². The van der Waals surface area contributed by atoms with Gasteiger partial charge in [-0.05, 0) is 102 Å². The Hall–Kier alpha value is -3.23. The van der Waals surface area contributed by atoms with Crippen molar-refractivity contribution in [2.45, 2.75) is 19.0 Å². The second kappa shape index (κ2) is 9.56.